The highest BCUT2D eigenvalue weighted by Crippen LogP contribution is 2.33. The molecule has 0 saturated heterocycles. The Morgan fingerprint density at radius 1 is 1.15 bits per heavy atom. The number of urea groups is 1. The number of nitrogens with zero attached hydrogens (tertiary/aromatic N) is 1. The minimum absolute atomic E-state index is 0.187. The molecule has 0 aliphatic carbocycles. The summed E-state index contributed by atoms with van der Waals surface area (Å²) < 4.78 is 19.5. The zero-order chi connectivity index (χ0) is 19.4. The largest absolute Gasteiger partial charge is 0.463 e. The first-order valence-corrected chi connectivity index (χ1v) is 8.77. The lowest BCUT2D eigenvalue weighted by Gasteiger charge is -2.35. The average molecular weight is 368 g/mol. The fourth-order valence-electron chi connectivity index (χ4n) is 3.15. The number of hydrogen-bond donors (Lipinski definition) is 1. The van der Waals surface area contributed by atoms with E-state index in [1.165, 1.54) is 11.0 Å². The van der Waals surface area contributed by atoms with Crippen LogP contribution in [0.1, 0.15) is 31.0 Å². The number of carbonyl (C=O) groups excluding carboxylic acids is 2. The van der Waals surface area contributed by atoms with Crippen LogP contribution < -0.4 is 5.32 Å². The minimum Gasteiger partial charge on any atom is -0.463 e. The number of esters is 1. The van der Waals surface area contributed by atoms with Crippen LogP contribution in [0.3, 0.4) is 0 Å². The molecule has 0 fully saturated rings. The third-order valence-electron chi connectivity index (χ3n) is 4.49. The average Bonchev–Trinajstić information content (AvgIpc) is 2.66. The van der Waals surface area contributed by atoms with E-state index in [4.69, 9.17) is 4.74 Å². The number of carbonyl (C=O) groups is 2. The van der Waals surface area contributed by atoms with Crippen molar-refractivity contribution in [2.75, 3.05) is 6.61 Å². The molecule has 0 aromatic heterocycles. The van der Waals surface area contributed by atoms with Crippen molar-refractivity contribution in [3.05, 3.63) is 82.8 Å². The van der Waals surface area contributed by atoms with E-state index in [0.29, 0.717) is 12.2 Å². The molecule has 1 atom stereocenters. The molecule has 1 aliphatic rings. The van der Waals surface area contributed by atoms with E-state index in [1.54, 1.807) is 32.0 Å². The molecule has 0 bridgehead atoms. The first-order chi connectivity index (χ1) is 13.0. The van der Waals surface area contributed by atoms with Crippen LogP contribution in [0.2, 0.25) is 0 Å². The number of halogens is 1. The minimum atomic E-state index is -0.898. The van der Waals surface area contributed by atoms with Crippen LogP contribution in [0.5, 0.6) is 0 Å². The SMILES string of the molecule is CCOC(=O)C1=C(C)N(Cc2ccccc2)C(=O)N[C@H]1c1ccccc1F. The zero-order valence-corrected chi connectivity index (χ0v) is 15.2. The topological polar surface area (TPSA) is 58.6 Å². The monoisotopic (exact) mass is 368 g/mol. The van der Waals surface area contributed by atoms with Gasteiger partial charge in [0, 0.05) is 11.3 Å². The van der Waals surface area contributed by atoms with Crippen molar-refractivity contribution in [2.24, 2.45) is 0 Å². The Balaban J connectivity index is 2.05. The summed E-state index contributed by atoms with van der Waals surface area (Å²) in [6, 6.07) is 14.2. The van der Waals surface area contributed by atoms with Gasteiger partial charge >= 0.3 is 12.0 Å². The summed E-state index contributed by atoms with van der Waals surface area (Å²) in [5.41, 5.74) is 1.83. The Labute approximate surface area is 157 Å². The summed E-state index contributed by atoms with van der Waals surface area (Å²) in [4.78, 5) is 26.8. The number of allylic oxidation sites excluding steroid dienone is 1. The van der Waals surface area contributed by atoms with Gasteiger partial charge in [0.15, 0.2) is 0 Å². The van der Waals surface area contributed by atoms with Crippen molar-refractivity contribution in [1.29, 1.82) is 0 Å². The van der Waals surface area contributed by atoms with Gasteiger partial charge in [0.25, 0.3) is 0 Å². The third-order valence-corrected chi connectivity index (χ3v) is 4.49. The number of nitrogens with one attached hydrogen (secondary N) is 1. The Morgan fingerprint density at radius 2 is 1.81 bits per heavy atom. The second-order valence-corrected chi connectivity index (χ2v) is 6.20. The quantitative estimate of drug-likeness (QED) is 0.814. The molecular weight excluding hydrogens is 347 g/mol. The summed E-state index contributed by atoms with van der Waals surface area (Å²) >= 11 is 0. The second kappa shape index (κ2) is 8.03. The van der Waals surface area contributed by atoms with Gasteiger partial charge in [-0.05, 0) is 25.5 Å². The third kappa shape index (κ3) is 3.84. The fourth-order valence-corrected chi connectivity index (χ4v) is 3.15. The lowest BCUT2D eigenvalue weighted by Crippen LogP contribution is -2.47. The van der Waals surface area contributed by atoms with Gasteiger partial charge < -0.3 is 10.1 Å². The molecule has 27 heavy (non-hydrogen) atoms. The van der Waals surface area contributed by atoms with Crippen molar-refractivity contribution in [3.8, 4) is 0 Å². The molecule has 0 spiro atoms. The highest BCUT2D eigenvalue weighted by molar-refractivity contribution is 5.95. The summed E-state index contributed by atoms with van der Waals surface area (Å²) in [5.74, 6) is -1.06. The van der Waals surface area contributed by atoms with Crippen molar-refractivity contribution >= 4 is 12.0 Å². The highest BCUT2D eigenvalue weighted by atomic mass is 19.1. The number of amides is 2. The van der Waals surface area contributed by atoms with Crippen molar-refractivity contribution in [3.63, 3.8) is 0 Å². The molecule has 5 nitrogen and oxygen atoms in total. The molecule has 2 aromatic rings. The standard InChI is InChI=1S/C21H21FN2O3/c1-3-27-20(25)18-14(2)24(13-15-9-5-4-6-10-15)21(26)23-19(18)16-11-7-8-12-17(16)22/h4-12,19H,3,13H2,1-2H3,(H,23,26)/t19-/m0/s1. The maximum atomic E-state index is 14.4. The predicted octanol–water partition coefficient (Wildman–Crippen LogP) is 3.93. The summed E-state index contributed by atoms with van der Waals surface area (Å²) in [6.07, 6.45) is 0. The van der Waals surface area contributed by atoms with E-state index >= 15 is 0 Å². The van der Waals surface area contributed by atoms with Crippen LogP contribution in [0, 0.1) is 5.82 Å². The zero-order valence-electron chi connectivity index (χ0n) is 15.2. The van der Waals surface area contributed by atoms with Crippen LogP contribution in [0.15, 0.2) is 65.9 Å². The smallest absolute Gasteiger partial charge is 0.338 e. The second-order valence-electron chi connectivity index (χ2n) is 6.20. The van der Waals surface area contributed by atoms with Crippen LogP contribution in [-0.4, -0.2) is 23.5 Å². The number of benzene rings is 2. The van der Waals surface area contributed by atoms with Crippen molar-refractivity contribution < 1.29 is 18.7 Å². The first kappa shape index (κ1) is 18.6. The van der Waals surface area contributed by atoms with E-state index in [9.17, 15) is 14.0 Å². The normalized spacial score (nSPS) is 16.9. The van der Waals surface area contributed by atoms with Gasteiger partial charge in [-0.25, -0.2) is 14.0 Å². The number of rotatable bonds is 5. The molecule has 2 amide bonds. The van der Waals surface area contributed by atoms with Crippen LogP contribution in [-0.2, 0) is 16.1 Å². The van der Waals surface area contributed by atoms with Crippen LogP contribution in [0.25, 0.3) is 0 Å². The van der Waals surface area contributed by atoms with Crippen molar-refractivity contribution in [1.82, 2.24) is 10.2 Å². The van der Waals surface area contributed by atoms with E-state index in [2.05, 4.69) is 5.32 Å². The predicted molar refractivity (Wildman–Crippen MR) is 99.0 cm³/mol. The number of ether oxygens (including phenoxy) is 1. The molecule has 0 unspecified atom stereocenters. The molecule has 2 aromatic carbocycles. The van der Waals surface area contributed by atoms with Crippen LogP contribution in [0.4, 0.5) is 9.18 Å². The molecule has 0 saturated carbocycles. The maximum absolute atomic E-state index is 14.4. The van der Waals surface area contributed by atoms with Gasteiger partial charge in [-0.1, -0.05) is 48.5 Å². The Hall–Kier alpha value is -3.15. The Morgan fingerprint density at radius 3 is 2.48 bits per heavy atom. The molecule has 1 N–H and O–H groups in total. The molecule has 1 aliphatic heterocycles. The van der Waals surface area contributed by atoms with Crippen molar-refractivity contribution in [2.45, 2.75) is 26.4 Å². The fraction of sp³-hybridized carbons (Fsp3) is 0.238. The summed E-state index contributed by atoms with van der Waals surface area (Å²) in [6.45, 7) is 3.87. The molecule has 0 radical (unpaired) electrons. The molecular formula is C21H21FN2O3. The van der Waals surface area contributed by atoms with Gasteiger partial charge in [-0.3, -0.25) is 4.90 Å². The van der Waals surface area contributed by atoms with E-state index < -0.39 is 23.9 Å². The van der Waals surface area contributed by atoms with Gasteiger partial charge in [-0.2, -0.15) is 0 Å². The molecule has 3 rings (SSSR count). The Bertz CT molecular complexity index is 880. The van der Waals surface area contributed by atoms with Crippen LogP contribution >= 0.6 is 0 Å². The molecule has 6 heteroatoms. The summed E-state index contributed by atoms with van der Waals surface area (Å²) in [5, 5.41) is 2.75. The number of hydrogen-bond acceptors (Lipinski definition) is 3. The molecule has 140 valence electrons. The molecule has 1 heterocycles. The van der Waals surface area contributed by atoms with Gasteiger partial charge in [-0.15, -0.1) is 0 Å². The van der Waals surface area contributed by atoms with Gasteiger partial charge in [0.2, 0.25) is 0 Å². The van der Waals surface area contributed by atoms with Gasteiger partial charge in [0.05, 0.1) is 24.8 Å². The lowest BCUT2D eigenvalue weighted by atomic mass is 9.94. The highest BCUT2D eigenvalue weighted by Gasteiger charge is 2.37. The van der Waals surface area contributed by atoms with Gasteiger partial charge in [0.1, 0.15) is 5.82 Å². The Kier molecular flexibility index (Phi) is 5.54. The van der Waals surface area contributed by atoms with E-state index in [0.717, 1.165) is 5.56 Å². The maximum Gasteiger partial charge on any atom is 0.338 e. The first-order valence-electron chi connectivity index (χ1n) is 8.77. The lowest BCUT2D eigenvalue weighted by molar-refractivity contribution is -0.139. The van der Waals surface area contributed by atoms with E-state index in [1.807, 2.05) is 30.3 Å². The van der Waals surface area contributed by atoms with E-state index in [-0.39, 0.29) is 17.7 Å². The summed E-state index contributed by atoms with van der Waals surface area (Å²) in [7, 11) is 0.